The van der Waals surface area contributed by atoms with Gasteiger partial charge in [-0.25, -0.2) is 13.1 Å². The molecular formula is C13H18N4O2S. The lowest BCUT2D eigenvalue weighted by atomic mass is 10.3. The minimum atomic E-state index is -3.51. The van der Waals surface area contributed by atoms with Gasteiger partial charge in [0.2, 0.25) is 10.0 Å². The van der Waals surface area contributed by atoms with Crippen molar-refractivity contribution in [2.75, 3.05) is 12.4 Å². The number of sulfonamides is 1. The normalized spacial score (nSPS) is 13.1. The van der Waals surface area contributed by atoms with Crippen molar-refractivity contribution in [3.63, 3.8) is 0 Å². The predicted molar refractivity (Wildman–Crippen MR) is 78.0 cm³/mol. The summed E-state index contributed by atoms with van der Waals surface area (Å²) in [6.45, 7) is 2.29. The van der Waals surface area contributed by atoms with Crippen LogP contribution in [0.4, 0.5) is 5.69 Å². The largest absolute Gasteiger partial charge is 0.388 e. The molecule has 0 spiro atoms. The van der Waals surface area contributed by atoms with Crippen molar-refractivity contribution < 1.29 is 8.42 Å². The van der Waals surface area contributed by atoms with E-state index in [1.54, 1.807) is 61.4 Å². The van der Waals surface area contributed by atoms with Crippen LogP contribution in [0.2, 0.25) is 0 Å². The highest BCUT2D eigenvalue weighted by Gasteiger charge is 2.17. The van der Waals surface area contributed by atoms with Gasteiger partial charge in [0.25, 0.3) is 0 Å². The first-order chi connectivity index (χ1) is 9.51. The number of anilines is 1. The van der Waals surface area contributed by atoms with Crippen molar-refractivity contribution >= 4 is 15.7 Å². The predicted octanol–water partition coefficient (Wildman–Crippen LogP) is 1.29. The summed E-state index contributed by atoms with van der Waals surface area (Å²) in [5.74, 6) is 0. The van der Waals surface area contributed by atoms with Crippen LogP contribution in [0.15, 0.2) is 47.6 Å². The Morgan fingerprint density at radius 1 is 1.30 bits per heavy atom. The number of hydrogen-bond donors (Lipinski definition) is 2. The summed E-state index contributed by atoms with van der Waals surface area (Å²) in [5.41, 5.74) is 0.869. The molecule has 20 heavy (non-hydrogen) atoms. The molecule has 2 aromatic rings. The lowest BCUT2D eigenvalue weighted by molar-refractivity contribution is 0.494. The van der Waals surface area contributed by atoms with E-state index in [2.05, 4.69) is 15.1 Å². The van der Waals surface area contributed by atoms with E-state index < -0.39 is 10.0 Å². The van der Waals surface area contributed by atoms with E-state index in [1.807, 2.05) is 0 Å². The molecule has 0 amide bonds. The number of nitrogens with one attached hydrogen (secondary N) is 2. The number of hydrogen-bond acceptors (Lipinski definition) is 4. The molecule has 0 fully saturated rings. The topological polar surface area (TPSA) is 76.0 Å². The van der Waals surface area contributed by atoms with Gasteiger partial charge in [0.1, 0.15) is 0 Å². The number of aromatic nitrogens is 2. The van der Waals surface area contributed by atoms with E-state index in [0.717, 1.165) is 5.69 Å². The molecule has 108 valence electrons. The molecule has 2 rings (SSSR count). The molecule has 2 N–H and O–H groups in total. The molecule has 7 heteroatoms. The van der Waals surface area contributed by atoms with Crippen molar-refractivity contribution in [1.29, 1.82) is 0 Å². The van der Waals surface area contributed by atoms with Crippen LogP contribution in [-0.2, 0) is 16.6 Å². The Bertz CT molecular complexity index is 636. The van der Waals surface area contributed by atoms with Gasteiger partial charge in [-0.15, -0.1) is 0 Å². The minimum Gasteiger partial charge on any atom is -0.388 e. The molecule has 6 nitrogen and oxygen atoms in total. The second kappa shape index (κ2) is 6.06. The van der Waals surface area contributed by atoms with Gasteiger partial charge >= 0.3 is 0 Å². The van der Waals surface area contributed by atoms with Crippen LogP contribution in [0.3, 0.4) is 0 Å². The average Bonchev–Trinajstić information content (AvgIpc) is 2.91. The van der Waals surface area contributed by atoms with E-state index in [1.165, 1.54) is 0 Å². The summed E-state index contributed by atoms with van der Waals surface area (Å²) >= 11 is 0. The summed E-state index contributed by atoms with van der Waals surface area (Å²) in [5, 5.41) is 7.00. The van der Waals surface area contributed by atoms with Gasteiger partial charge in [0.15, 0.2) is 0 Å². The summed E-state index contributed by atoms with van der Waals surface area (Å²) < 4.78 is 28.8. The van der Waals surface area contributed by atoms with Crippen LogP contribution >= 0.6 is 0 Å². The highest BCUT2D eigenvalue weighted by molar-refractivity contribution is 7.89. The standard InChI is InChI=1S/C13H18N4O2S/c1-11(10-17-9-3-8-15-17)16-20(18,19)13-6-4-12(14-2)5-7-13/h3-9,11,14,16H,10H2,1-2H3. The fourth-order valence-electron chi connectivity index (χ4n) is 1.86. The van der Waals surface area contributed by atoms with E-state index in [4.69, 9.17) is 0 Å². The number of benzene rings is 1. The molecule has 0 aliphatic rings. The zero-order valence-electron chi connectivity index (χ0n) is 11.4. The average molecular weight is 294 g/mol. The smallest absolute Gasteiger partial charge is 0.240 e. The Morgan fingerprint density at radius 3 is 2.55 bits per heavy atom. The molecule has 0 saturated heterocycles. The van der Waals surface area contributed by atoms with E-state index in [9.17, 15) is 8.42 Å². The Morgan fingerprint density at radius 2 is 2.00 bits per heavy atom. The minimum absolute atomic E-state index is 0.246. The monoisotopic (exact) mass is 294 g/mol. The van der Waals surface area contributed by atoms with Crippen molar-refractivity contribution in [3.05, 3.63) is 42.7 Å². The maximum Gasteiger partial charge on any atom is 0.240 e. The summed E-state index contributed by atoms with van der Waals surface area (Å²) in [6, 6.07) is 8.17. The number of nitrogens with zero attached hydrogens (tertiary/aromatic N) is 2. The van der Waals surface area contributed by atoms with Gasteiger partial charge < -0.3 is 5.32 Å². The van der Waals surface area contributed by atoms with Gasteiger partial charge in [0.05, 0.1) is 11.4 Å². The van der Waals surface area contributed by atoms with Crippen molar-refractivity contribution in [2.45, 2.75) is 24.4 Å². The maximum atomic E-state index is 12.2. The van der Waals surface area contributed by atoms with Gasteiger partial charge in [-0.3, -0.25) is 4.68 Å². The zero-order chi connectivity index (χ0) is 14.6. The van der Waals surface area contributed by atoms with Crippen LogP contribution in [0, 0.1) is 0 Å². The molecule has 1 heterocycles. The van der Waals surface area contributed by atoms with E-state index >= 15 is 0 Å². The molecule has 1 atom stereocenters. The molecule has 0 aliphatic heterocycles. The lowest BCUT2D eigenvalue weighted by Gasteiger charge is -2.14. The third-order valence-corrected chi connectivity index (χ3v) is 4.44. The summed E-state index contributed by atoms with van der Waals surface area (Å²) in [6.07, 6.45) is 3.46. The first-order valence-electron chi connectivity index (χ1n) is 6.29. The SMILES string of the molecule is CNc1ccc(S(=O)(=O)NC(C)Cn2cccn2)cc1. The van der Waals surface area contributed by atoms with Gasteiger partial charge in [-0.1, -0.05) is 0 Å². The molecule has 0 radical (unpaired) electrons. The van der Waals surface area contributed by atoms with Crippen LogP contribution < -0.4 is 10.0 Å². The van der Waals surface area contributed by atoms with Gasteiger partial charge in [-0.05, 0) is 37.3 Å². The van der Waals surface area contributed by atoms with Crippen LogP contribution in [-0.4, -0.2) is 31.3 Å². The highest BCUT2D eigenvalue weighted by Crippen LogP contribution is 2.13. The Labute approximate surface area is 118 Å². The molecular weight excluding hydrogens is 276 g/mol. The Balaban J connectivity index is 2.05. The molecule has 0 aliphatic carbocycles. The molecule has 1 unspecified atom stereocenters. The lowest BCUT2D eigenvalue weighted by Crippen LogP contribution is -2.35. The van der Waals surface area contributed by atoms with Crippen molar-refractivity contribution in [2.24, 2.45) is 0 Å². The Kier molecular flexibility index (Phi) is 4.41. The molecule has 1 aromatic heterocycles. The molecule has 0 bridgehead atoms. The van der Waals surface area contributed by atoms with Gasteiger partial charge in [0, 0.05) is 31.2 Å². The van der Waals surface area contributed by atoms with Gasteiger partial charge in [-0.2, -0.15) is 5.10 Å². The van der Waals surface area contributed by atoms with Crippen LogP contribution in [0.1, 0.15) is 6.92 Å². The second-order valence-corrected chi connectivity index (χ2v) is 6.24. The first-order valence-corrected chi connectivity index (χ1v) is 7.77. The van der Waals surface area contributed by atoms with E-state index in [0.29, 0.717) is 6.54 Å². The van der Waals surface area contributed by atoms with Crippen LogP contribution in [0.5, 0.6) is 0 Å². The van der Waals surface area contributed by atoms with Crippen molar-refractivity contribution in [3.8, 4) is 0 Å². The van der Waals surface area contributed by atoms with E-state index in [-0.39, 0.29) is 10.9 Å². The Hall–Kier alpha value is -1.86. The molecule has 1 aromatic carbocycles. The van der Waals surface area contributed by atoms with Crippen LogP contribution in [0.25, 0.3) is 0 Å². The fourth-order valence-corrected chi connectivity index (χ4v) is 3.09. The zero-order valence-corrected chi connectivity index (χ0v) is 12.3. The first kappa shape index (κ1) is 14.5. The third-order valence-electron chi connectivity index (χ3n) is 2.83. The summed E-state index contributed by atoms with van der Waals surface area (Å²) in [7, 11) is -1.72. The highest BCUT2D eigenvalue weighted by atomic mass is 32.2. The number of rotatable bonds is 6. The quantitative estimate of drug-likeness (QED) is 0.842. The third kappa shape index (κ3) is 3.58. The molecule has 0 saturated carbocycles. The summed E-state index contributed by atoms with van der Waals surface area (Å²) in [4.78, 5) is 0.254. The maximum absolute atomic E-state index is 12.2. The fraction of sp³-hybridized carbons (Fsp3) is 0.308. The second-order valence-electron chi connectivity index (χ2n) is 4.52. The van der Waals surface area contributed by atoms with Crippen molar-refractivity contribution in [1.82, 2.24) is 14.5 Å².